The van der Waals surface area contributed by atoms with E-state index < -0.39 is 0 Å². The van der Waals surface area contributed by atoms with Crippen LogP contribution in [0.4, 0.5) is 0 Å². The normalized spacial score (nSPS) is 14.8. The highest BCUT2D eigenvalue weighted by atomic mass is 16.5. The number of benzene rings is 2. The summed E-state index contributed by atoms with van der Waals surface area (Å²) in [5.41, 5.74) is 1.92. The van der Waals surface area contributed by atoms with Gasteiger partial charge >= 0.3 is 0 Å². The van der Waals surface area contributed by atoms with E-state index in [9.17, 15) is 4.79 Å². The number of amides is 1. The maximum atomic E-state index is 12.7. The van der Waals surface area contributed by atoms with Crippen molar-refractivity contribution in [2.75, 3.05) is 20.2 Å². The molecule has 1 saturated heterocycles. The summed E-state index contributed by atoms with van der Waals surface area (Å²) in [6.45, 7) is 6.72. The molecule has 8 nitrogen and oxygen atoms in total. The average Bonchev–Trinajstić information content (AvgIpc) is 3.31. The molecule has 4 rings (SSSR count). The first-order valence-electron chi connectivity index (χ1n) is 11.7. The minimum atomic E-state index is 0.0175. The van der Waals surface area contributed by atoms with Gasteiger partial charge in [0.15, 0.2) is 0 Å². The zero-order valence-electron chi connectivity index (χ0n) is 20.0. The number of hydrogen-bond acceptors (Lipinski definition) is 7. The number of ether oxygens (including phenoxy) is 2. The Morgan fingerprint density at radius 1 is 1.15 bits per heavy atom. The summed E-state index contributed by atoms with van der Waals surface area (Å²) < 4.78 is 16.4. The second kappa shape index (κ2) is 11.2. The summed E-state index contributed by atoms with van der Waals surface area (Å²) in [5, 5.41) is 7.18. The van der Waals surface area contributed by atoms with Crippen LogP contribution in [0.15, 0.2) is 53.1 Å². The molecule has 2 heterocycles. The zero-order chi connectivity index (χ0) is 23.9. The number of rotatable bonds is 9. The van der Waals surface area contributed by atoms with Crippen molar-refractivity contribution in [1.82, 2.24) is 20.4 Å². The van der Waals surface area contributed by atoms with E-state index in [-0.39, 0.29) is 17.9 Å². The van der Waals surface area contributed by atoms with Crippen molar-refractivity contribution in [3.63, 3.8) is 0 Å². The van der Waals surface area contributed by atoms with Crippen LogP contribution in [0, 0.1) is 5.92 Å². The first-order chi connectivity index (χ1) is 16.5. The third kappa shape index (κ3) is 6.35. The predicted octanol–water partition coefficient (Wildman–Crippen LogP) is 4.06. The number of aromatic nitrogens is 2. The van der Waals surface area contributed by atoms with Gasteiger partial charge in [-0.1, -0.05) is 17.3 Å². The third-order valence-corrected chi connectivity index (χ3v) is 5.87. The molecule has 180 valence electrons. The first-order valence-corrected chi connectivity index (χ1v) is 11.7. The Morgan fingerprint density at radius 2 is 1.91 bits per heavy atom. The fraction of sp³-hybridized carbons (Fsp3) is 0.423. The van der Waals surface area contributed by atoms with E-state index in [1.807, 2.05) is 62.4 Å². The number of nitrogens with zero attached hydrogens (tertiary/aromatic N) is 3. The molecule has 3 aromatic rings. The quantitative estimate of drug-likeness (QED) is 0.511. The van der Waals surface area contributed by atoms with Crippen molar-refractivity contribution >= 4 is 5.91 Å². The Kier molecular flexibility index (Phi) is 7.80. The monoisotopic (exact) mass is 464 g/mol. The number of likely N-dealkylation sites (tertiary alicyclic amines) is 1. The Balaban J connectivity index is 1.23. The molecular weight excluding hydrogens is 432 g/mol. The number of carbonyl (C=O) groups is 1. The molecule has 0 bridgehead atoms. The second-order valence-electron chi connectivity index (χ2n) is 8.82. The highest BCUT2D eigenvalue weighted by Crippen LogP contribution is 2.22. The molecule has 34 heavy (non-hydrogen) atoms. The summed E-state index contributed by atoms with van der Waals surface area (Å²) in [5.74, 6) is 2.88. The Labute approximate surface area is 200 Å². The van der Waals surface area contributed by atoms with E-state index in [4.69, 9.17) is 14.0 Å². The maximum absolute atomic E-state index is 12.7. The molecular formula is C26H32N4O4. The molecule has 1 amide bonds. The molecule has 1 aliphatic rings. The van der Waals surface area contributed by atoms with E-state index >= 15 is 0 Å². The average molecular weight is 465 g/mol. The molecule has 2 aromatic carbocycles. The van der Waals surface area contributed by atoms with Crippen molar-refractivity contribution < 1.29 is 18.8 Å². The molecule has 0 radical (unpaired) electrons. The van der Waals surface area contributed by atoms with Crippen LogP contribution in [-0.4, -0.2) is 47.3 Å². The largest absolute Gasteiger partial charge is 0.497 e. The lowest BCUT2D eigenvalue weighted by Crippen LogP contribution is -2.40. The fourth-order valence-corrected chi connectivity index (χ4v) is 4.06. The predicted molar refractivity (Wildman–Crippen MR) is 128 cm³/mol. The Hall–Kier alpha value is -3.39. The van der Waals surface area contributed by atoms with Gasteiger partial charge in [-0.05, 0) is 81.7 Å². The van der Waals surface area contributed by atoms with Gasteiger partial charge in [-0.15, -0.1) is 0 Å². The maximum Gasteiger partial charge on any atom is 0.241 e. The second-order valence-corrected chi connectivity index (χ2v) is 8.82. The molecule has 1 N–H and O–H groups in total. The lowest BCUT2D eigenvalue weighted by Gasteiger charge is -2.30. The van der Waals surface area contributed by atoms with E-state index in [2.05, 4.69) is 20.4 Å². The van der Waals surface area contributed by atoms with Gasteiger partial charge in [0.05, 0.1) is 19.8 Å². The smallest absolute Gasteiger partial charge is 0.241 e. The lowest BCUT2D eigenvalue weighted by atomic mass is 9.96. The SMILES string of the molecule is COc1ccc(-c2noc(CN3CCC(C(=O)NCc4cccc(OC(C)C)c4)CC3)n2)cc1. The topological polar surface area (TPSA) is 89.7 Å². The van der Waals surface area contributed by atoms with Crippen LogP contribution in [0.2, 0.25) is 0 Å². The Bertz CT molecular complexity index is 1070. The van der Waals surface area contributed by atoms with Crippen LogP contribution in [0.1, 0.15) is 38.1 Å². The van der Waals surface area contributed by atoms with Crippen LogP contribution in [0.3, 0.4) is 0 Å². The number of carbonyl (C=O) groups excluding carboxylic acids is 1. The molecule has 0 aliphatic carbocycles. The van der Waals surface area contributed by atoms with Gasteiger partial charge in [0.25, 0.3) is 0 Å². The van der Waals surface area contributed by atoms with Gasteiger partial charge in [0.1, 0.15) is 11.5 Å². The molecule has 0 spiro atoms. The molecule has 0 unspecified atom stereocenters. The fourth-order valence-electron chi connectivity index (χ4n) is 4.06. The number of piperidine rings is 1. The third-order valence-electron chi connectivity index (χ3n) is 5.87. The first kappa shape index (κ1) is 23.8. The van der Waals surface area contributed by atoms with E-state index in [1.54, 1.807) is 7.11 Å². The van der Waals surface area contributed by atoms with Crippen LogP contribution in [-0.2, 0) is 17.9 Å². The van der Waals surface area contributed by atoms with Gasteiger partial charge in [0, 0.05) is 18.0 Å². The van der Waals surface area contributed by atoms with E-state index in [0.717, 1.165) is 48.6 Å². The van der Waals surface area contributed by atoms with Gasteiger partial charge in [-0.3, -0.25) is 9.69 Å². The molecule has 8 heteroatoms. The van der Waals surface area contributed by atoms with Crippen molar-refractivity contribution in [2.45, 2.75) is 45.9 Å². The van der Waals surface area contributed by atoms with Gasteiger partial charge < -0.3 is 19.3 Å². The van der Waals surface area contributed by atoms with Gasteiger partial charge in [0.2, 0.25) is 17.6 Å². The highest BCUT2D eigenvalue weighted by Gasteiger charge is 2.26. The standard InChI is InChI=1S/C26H32N4O4/c1-18(2)33-23-6-4-5-19(15-23)16-27-26(31)21-11-13-30(14-12-21)17-24-28-25(29-34-24)20-7-9-22(32-3)10-8-20/h4-10,15,18,21H,11-14,16-17H2,1-3H3,(H,27,31). The Morgan fingerprint density at radius 3 is 2.62 bits per heavy atom. The van der Waals surface area contributed by atoms with Crippen LogP contribution < -0.4 is 14.8 Å². The van der Waals surface area contributed by atoms with Crippen molar-refractivity contribution in [3.8, 4) is 22.9 Å². The van der Waals surface area contributed by atoms with Crippen molar-refractivity contribution in [2.24, 2.45) is 5.92 Å². The molecule has 1 fully saturated rings. The minimum absolute atomic E-state index is 0.0175. The van der Waals surface area contributed by atoms with E-state index in [0.29, 0.717) is 24.8 Å². The molecule has 1 aliphatic heterocycles. The van der Waals surface area contributed by atoms with E-state index in [1.165, 1.54) is 0 Å². The van der Waals surface area contributed by atoms with Crippen LogP contribution >= 0.6 is 0 Å². The summed E-state index contributed by atoms with van der Waals surface area (Å²) in [4.78, 5) is 19.5. The molecule has 0 atom stereocenters. The molecule has 0 saturated carbocycles. The zero-order valence-corrected chi connectivity index (χ0v) is 20.0. The number of nitrogens with one attached hydrogen (secondary N) is 1. The molecule has 1 aromatic heterocycles. The van der Waals surface area contributed by atoms with Gasteiger partial charge in [-0.2, -0.15) is 4.98 Å². The lowest BCUT2D eigenvalue weighted by molar-refractivity contribution is -0.126. The number of hydrogen-bond donors (Lipinski definition) is 1. The minimum Gasteiger partial charge on any atom is -0.497 e. The van der Waals surface area contributed by atoms with Gasteiger partial charge in [-0.25, -0.2) is 0 Å². The highest BCUT2D eigenvalue weighted by molar-refractivity contribution is 5.78. The number of methoxy groups -OCH3 is 1. The van der Waals surface area contributed by atoms with Crippen molar-refractivity contribution in [3.05, 3.63) is 60.0 Å². The summed E-state index contributed by atoms with van der Waals surface area (Å²) in [6.07, 6.45) is 1.74. The summed E-state index contributed by atoms with van der Waals surface area (Å²) >= 11 is 0. The van der Waals surface area contributed by atoms with Crippen LogP contribution in [0.5, 0.6) is 11.5 Å². The van der Waals surface area contributed by atoms with Crippen LogP contribution in [0.25, 0.3) is 11.4 Å². The summed E-state index contributed by atoms with van der Waals surface area (Å²) in [6, 6.07) is 15.4. The summed E-state index contributed by atoms with van der Waals surface area (Å²) in [7, 11) is 1.64. The van der Waals surface area contributed by atoms with Crippen molar-refractivity contribution in [1.29, 1.82) is 0 Å².